The average Bonchev–Trinajstić information content (AvgIpc) is 2.73. The molecule has 142 valence electrons. The van der Waals surface area contributed by atoms with Crippen LogP contribution in [-0.2, 0) is 4.79 Å². The normalized spacial score (nSPS) is 12.5. The van der Waals surface area contributed by atoms with Crippen molar-refractivity contribution >= 4 is 39.3 Å². The Morgan fingerprint density at radius 2 is 1.79 bits per heavy atom. The van der Waals surface area contributed by atoms with Crippen molar-refractivity contribution in [2.24, 2.45) is 0 Å². The molecule has 2 aromatic carbocycles. The zero-order valence-electron chi connectivity index (χ0n) is 14.7. The van der Waals surface area contributed by atoms with Crippen LogP contribution in [0.15, 0.2) is 64.1 Å². The van der Waals surface area contributed by atoms with Gasteiger partial charge in [0.1, 0.15) is 18.2 Å². The highest BCUT2D eigenvalue weighted by Gasteiger charge is 2.13. The third kappa shape index (κ3) is 4.63. The fraction of sp³-hybridized carbons (Fsp3) is 0.150. The number of thioether (sulfide) groups is 1. The molecule has 0 saturated heterocycles. The van der Waals surface area contributed by atoms with Gasteiger partial charge in [0.05, 0.1) is 11.4 Å². The smallest absolute Gasteiger partial charge is 0.234 e. The molecule has 0 radical (unpaired) electrons. The molecular weight excluding hydrogens is 442 g/mol. The van der Waals surface area contributed by atoms with E-state index in [0.717, 1.165) is 15.7 Å². The van der Waals surface area contributed by atoms with Crippen LogP contribution in [0.1, 0.15) is 0 Å². The molecule has 0 atom stereocenters. The number of hydrogen-bond acceptors (Lipinski definition) is 6. The first-order chi connectivity index (χ1) is 13.7. The highest BCUT2D eigenvalue weighted by molar-refractivity contribution is 9.10. The number of halogens is 1. The monoisotopic (exact) mass is 457 g/mol. The third-order valence-corrected chi connectivity index (χ3v) is 5.41. The summed E-state index contributed by atoms with van der Waals surface area (Å²) in [6.45, 7) is 1.05. The van der Waals surface area contributed by atoms with E-state index in [1.54, 1.807) is 18.2 Å². The molecular formula is C20H16BrN3O3S. The maximum absolute atomic E-state index is 12.2. The fourth-order valence-corrected chi connectivity index (χ4v) is 3.51. The van der Waals surface area contributed by atoms with E-state index in [1.165, 1.54) is 11.8 Å². The fourth-order valence-electron chi connectivity index (χ4n) is 2.63. The summed E-state index contributed by atoms with van der Waals surface area (Å²) in [5.74, 6) is 1.45. The lowest BCUT2D eigenvalue weighted by molar-refractivity contribution is -0.113. The summed E-state index contributed by atoms with van der Waals surface area (Å²) in [4.78, 5) is 12.2. The number of nitrogens with one attached hydrogen (secondary N) is 1. The van der Waals surface area contributed by atoms with Crippen LogP contribution in [0.2, 0.25) is 0 Å². The molecule has 1 aliphatic heterocycles. The van der Waals surface area contributed by atoms with Crippen LogP contribution in [0.25, 0.3) is 11.3 Å². The molecule has 1 amide bonds. The summed E-state index contributed by atoms with van der Waals surface area (Å²) >= 11 is 4.75. The number of aromatic nitrogens is 2. The summed E-state index contributed by atoms with van der Waals surface area (Å²) in [6.07, 6.45) is 0. The number of benzene rings is 2. The van der Waals surface area contributed by atoms with Crippen LogP contribution in [0.4, 0.5) is 5.69 Å². The van der Waals surface area contributed by atoms with E-state index in [-0.39, 0.29) is 11.7 Å². The largest absolute Gasteiger partial charge is 0.486 e. The van der Waals surface area contributed by atoms with Gasteiger partial charge in [0.15, 0.2) is 11.5 Å². The summed E-state index contributed by atoms with van der Waals surface area (Å²) in [5.41, 5.74) is 2.45. The Morgan fingerprint density at radius 3 is 2.54 bits per heavy atom. The van der Waals surface area contributed by atoms with Gasteiger partial charge in [-0.3, -0.25) is 4.79 Å². The molecule has 0 aliphatic carbocycles. The standard InChI is InChI=1S/C20H16BrN3O3S/c21-14-3-1-13(2-4-14)16-6-8-20(24-23-16)28-12-19(25)22-15-5-7-17-18(11-15)27-10-9-26-17/h1-8,11H,9-10,12H2,(H,22,25). The van der Waals surface area contributed by atoms with Crippen molar-refractivity contribution < 1.29 is 14.3 Å². The lowest BCUT2D eigenvalue weighted by Crippen LogP contribution is -2.17. The van der Waals surface area contributed by atoms with Crippen LogP contribution >= 0.6 is 27.7 Å². The Kier molecular flexibility index (Phi) is 5.78. The van der Waals surface area contributed by atoms with Crippen LogP contribution in [0.3, 0.4) is 0 Å². The molecule has 0 bridgehead atoms. The Hall–Kier alpha value is -2.58. The average molecular weight is 458 g/mol. The van der Waals surface area contributed by atoms with Gasteiger partial charge in [0, 0.05) is 21.8 Å². The predicted molar refractivity (Wildman–Crippen MR) is 112 cm³/mol. The van der Waals surface area contributed by atoms with Crippen molar-refractivity contribution in [2.75, 3.05) is 24.3 Å². The van der Waals surface area contributed by atoms with Crippen molar-refractivity contribution in [3.8, 4) is 22.8 Å². The zero-order chi connectivity index (χ0) is 19.3. The first-order valence-electron chi connectivity index (χ1n) is 8.59. The highest BCUT2D eigenvalue weighted by Crippen LogP contribution is 2.32. The SMILES string of the molecule is O=C(CSc1ccc(-c2ccc(Br)cc2)nn1)Nc1ccc2c(c1)OCCO2. The number of fused-ring (bicyclic) bond motifs is 1. The second kappa shape index (κ2) is 8.62. The summed E-state index contributed by atoms with van der Waals surface area (Å²) in [6, 6.07) is 17.0. The molecule has 0 saturated carbocycles. The second-order valence-electron chi connectivity index (χ2n) is 5.96. The quantitative estimate of drug-likeness (QED) is 0.572. The van der Waals surface area contributed by atoms with Gasteiger partial charge in [-0.2, -0.15) is 0 Å². The van der Waals surface area contributed by atoms with Gasteiger partial charge in [-0.05, 0) is 36.4 Å². The zero-order valence-corrected chi connectivity index (χ0v) is 17.1. The van der Waals surface area contributed by atoms with Crippen LogP contribution in [0, 0.1) is 0 Å². The Balaban J connectivity index is 1.32. The number of nitrogens with zero attached hydrogens (tertiary/aromatic N) is 2. The van der Waals surface area contributed by atoms with Gasteiger partial charge < -0.3 is 14.8 Å². The molecule has 3 aromatic rings. The number of amides is 1. The summed E-state index contributed by atoms with van der Waals surface area (Å²) in [7, 11) is 0. The minimum absolute atomic E-state index is 0.125. The molecule has 1 aromatic heterocycles. The number of hydrogen-bond donors (Lipinski definition) is 1. The number of ether oxygens (including phenoxy) is 2. The molecule has 0 fully saturated rings. The number of carbonyl (C=O) groups excluding carboxylic acids is 1. The topological polar surface area (TPSA) is 73.3 Å². The van der Waals surface area contributed by atoms with Gasteiger partial charge in [-0.25, -0.2) is 0 Å². The van der Waals surface area contributed by atoms with Gasteiger partial charge in [0.2, 0.25) is 5.91 Å². The molecule has 6 nitrogen and oxygen atoms in total. The van der Waals surface area contributed by atoms with E-state index < -0.39 is 0 Å². The molecule has 8 heteroatoms. The van der Waals surface area contributed by atoms with Gasteiger partial charge in [-0.1, -0.05) is 39.8 Å². The molecule has 4 rings (SSSR count). The van der Waals surface area contributed by atoms with Crippen LogP contribution in [-0.4, -0.2) is 35.1 Å². The summed E-state index contributed by atoms with van der Waals surface area (Å²) in [5, 5.41) is 12.0. The molecule has 0 unspecified atom stereocenters. The predicted octanol–water partition coefficient (Wildman–Crippen LogP) is 4.41. The van der Waals surface area contributed by atoms with E-state index in [1.807, 2.05) is 36.4 Å². The van der Waals surface area contributed by atoms with Gasteiger partial charge in [0.25, 0.3) is 0 Å². The van der Waals surface area contributed by atoms with Gasteiger partial charge in [-0.15, -0.1) is 10.2 Å². The molecule has 2 heterocycles. The lowest BCUT2D eigenvalue weighted by Gasteiger charge is -2.18. The van der Waals surface area contributed by atoms with Crippen molar-refractivity contribution in [1.29, 1.82) is 0 Å². The second-order valence-corrected chi connectivity index (χ2v) is 7.87. The van der Waals surface area contributed by atoms with E-state index in [2.05, 4.69) is 31.4 Å². The maximum Gasteiger partial charge on any atom is 0.234 e. The molecule has 1 aliphatic rings. The Labute approximate surface area is 174 Å². The minimum atomic E-state index is -0.125. The number of rotatable bonds is 5. The number of carbonyl (C=O) groups is 1. The Morgan fingerprint density at radius 1 is 1.00 bits per heavy atom. The van der Waals surface area contributed by atoms with E-state index >= 15 is 0 Å². The first-order valence-corrected chi connectivity index (χ1v) is 10.4. The van der Waals surface area contributed by atoms with Crippen molar-refractivity contribution in [3.05, 3.63) is 59.1 Å². The third-order valence-electron chi connectivity index (χ3n) is 3.96. The lowest BCUT2D eigenvalue weighted by atomic mass is 10.1. The minimum Gasteiger partial charge on any atom is -0.486 e. The van der Waals surface area contributed by atoms with E-state index in [0.29, 0.717) is 35.4 Å². The van der Waals surface area contributed by atoms with Crippen molar-refractivity contribution in [3.63, 3.8) is 0 Å². The summed E-state index contributed by atoms with van der Waals surface area (Å²) < 4.78 is 12.0. The van der Waals surface area contributed by atoms with Crippen molar-refractivity contribution in [2.45, 2.75) is 5.03 Å². The first kappa shape index (κ1) is 18.8. The molecule has 0 spiro atoms. The maximum atomic E-state index is 12.2. The number of anilines is 1. The van der Waals surface area contributed by atoms with Crippen molar-refractivity contribution in [1.82, 2.24) is 10.2 Å². The van der Waals surface area contributed by atoms with Crippen LogP contribution < -0.4 is 14.8 Å². The molecule has 1 N–H and O–H groups in total. The van der Waals surface area contributed by atoms with Gasteiger partial charge >= 0.3 is 0 Å². The van der Waals surface area contributed by atoms with Crippen LogP contribution in [0.5, 0.6) is 11.5 Å². The highest BCUT2D eigenvalue weighted by atomic mass is 79.9. The molecule has 28 heavy (non-hydrogen) atoms. The van der Waals surface area contributed by atoms with E-state index in [4.69, 9.17) is 9.47 Å². The Bertz CT molecular complexity index is 981. The van der Waals surface area contributed by atoms with E-state index in [9.17, 15) is 4.79 Å².